The first-order valence-corrected chi connectivity index (χ1v) is 8.52. The Bertz CT molecular complexity index is 825. The second-order valence-corrected chi connectivity index (χ2v) is 6.27. The molecule has 26 heavy (non-hydrogen) atoms. The van der Waals surface area contributed by atoms with Gasteiger partial charge < -0.3 is 19.4 Å². The zero-order chi connectivity index (χ0) is 18.4. The largest absolute Gasteiger partial charge is 0.497 e. The van der Waals surface area contributed by atoms with Gasteiger partial charge in [-0.2, -0.15) is 0 Å². The Morgan fingerprint density at radius 3 is 2.38 bits per heavy atom. The number of hydrogen-bond acceptors (Lipinski definition) is 3. The lowest BCUT2D eigenvalue weighted by molar-refractivity contribution is -0.908. The molecular formula is C21H23N2O3+. The number of anilines is 1. The molecule has 2 aromatic carbocycles. The third-order valence-electron chi connectivity index (χ3n) is 4.13. The number of carbonyl (C=O) groups excluding carboxylic acids is 1. The smallest absolute Gasteiger partial charge is 0.255 e. The van der Waals surface area contributed by atoms with Crippen LogP contribution in [0.25, 0.3) is 0 Å². The van der Waals surface area contributed by atoms with Gasteiger partial charge in [0.15, 0.2) is 5.76 Å². The fraction of sp³-hybridized carbons (Fsp3) is 0.190. The summed E-state index contributed by atoms with van der Waals surface area (Å²) in [7, 11) is 3.73. The third-order valence-corrected chi connectivity index (χ3v) is 4.13. The number of carbonyl (C=O) groups is 1. The first-order valence-electron chi connectivity index (χ1n) is 8.52. The summed E-state index contributed by atoms with van der Waals surface area (Å²) in [5.74, 6) is 1.60. The van der Waals surface area contributed by atoms with Gasteiger partial charge in [0.2, 0.25) is 0 Å². The molecule has 0 spiro atoms. The zero-order valence-corrected chi connectivity index (χ0v) is 15.0. The van der Waals surface area contributed by atoms with Crippen LogP contribution in [-0.4, -0.2) is 20.1 Å². The van der Waals surface area contributed by atoms with Gasteiger partial charge in [0.05, 0.1) is 20.4 Å². The number of quaternary nitrogens is 1. The van der Waals surface area contributed by atoms with Crippen LogP contribution in [0.4, 0.5) is 5.69 Å². The highest BCUT2D eigenvalue weighted by atomic mass is 16.5. The van der Waals surface area contributed by atoms with E-state index in [-0.39, 0.29) is 5.91 Å². The molecule has 1 atom stereocenters. The molecule has 0 aliphatic heterocycles. The molecule has 0 saturated carbocycles. The summed E-state index contributed by atoms with van der Waals surface area (Å²) in [6.45, 7) is 1.69. The van der Waals surface area contributed by atoms with Crippen molar-refractivity contribution < 1.29 is 18.8 Å². The van der Waals surface area contributed by atoms with E-state index in [2.05, 4.69) is 12.4 Å². The van der Waals surface area contributed by atoms with E-state index in [1.807, 2.05) is 60.7 Å². The van der Waals surface area contributed by atoms with E-state index in [0.717, 1.165) is 30.3 Å². The van der Waals surface area contributed by atoms with Crippen LogP contribution in [0.5, 0.6) is 5.75 Å². The molecule has 5 nitrogen and oxygen atoms in total. The predicted octanol–water partition coefficient (Wildman–Crippen LogP) is 2.76. The van der Waals surface area contributed by atoms with Crippen molar-refractivity contribution in [3.63, 3.8) is 0 Å². The standard InChI is InChI=1S/C21H22N2O3/c1-23(15-20-4-3-13-26-20)14-16-5-7-17(8-6-16)21(24)22-18-9-11-19(25-2)12-10-18/h3-13H,14-15H2,1-2H3,(H,22,24)/p+1. The monoisotopic (exact) mass is 351 g/mol. The van der Waals surface area contributed by atoms with Crippen LogP contribution >= 0.6 is 0 Å². The predicted molar refractivity (Wildman–Crippen MR) is 100 cm³/mol. The lowest BCUT2D eigenvalue weighted by atomic mass is 10.1. The van der Waals surface area contributed by atoms with Gasteiger partial charge in [-0.15, -0.1) is 0 Å². The summed E-state index contributed by atoms with van der Waals surface area (Å²) >= 11 is 0. The first kappa shape index (κ1) is 17.8. The summed E-state index contributed by atoms with van der Waals surface area (Å²) in [6, 6.07) is 18.9. The van der Waals surface area contributed by atoms with Crippen molar-refractivity contribution in [1.29, 1.82) is 0 Å². The second kappa shape index (κ2) is 8.36. The minimum Gasteiger partial charge on any atom is -0.497 e. The van der Waals surface area contributed by atoms with Gasteiger partial charge >= 0.3 is 0 Å². The molecule has 0 radical (unpaired) electrons. The Morgan fingerprint density at radius 2 is 1.77 bits per heavy atom. The van der Waals surface area contributed by atoms with Gasteiger partial charge in [-0.05, 0) is 48.5 Å². The van der Waals surface area contributed by atoms with Crippen molar-refractivity contribution in [2.24, 2.45) is 0 Å². The number of methoxy groups -OCH3 is 1. The molecule has 1 aromatic heterocycles. The van der Waals surface area contributed by atoms with Gasteiger partial charge in [0.25, 0.3) is 5.91 Å². The lowest BCUT2D eigenvalue weighted by Gasteiger charge is -2.13. The summed E-state index contributed by atoms with van der Waals surface area (Å²) in [4.78, 5) is 13.7. The minimum absolute atomic E-state index is 0.127. The van der Waals surface area contributed by atoms with Gasteiger partial charge in [-0.3, -0.25) is 4.79 Å². The highest BCUT2D eigenvalue weighted by Gasteiger charge is 2.09. The van der Waals surface area contributed by atoms with Gasteiger partial charge in [-0.1, -0.05) is 12.1 Å². The van der Waals surface area contributed by atoms with Crippen LogP contribution in [0, 0.1) is 0 Å². The van der Waals surface area contributed by atoms with E-state index in [1.165, 1.54) is 10.5 Å². The average Bonchev–Trinajstić information content (AvgIpc) is 3.15. The molecule has 0 aliphatic rings. The molecule has 0 aliphatic carbocycles. The number of amides is 1. The van der Waals surface area contributed by atoms with Gasteiger partial charge in [0, 0.05) is 16.8 Å². The lowest BCUT2D eigenvalue weighted by Crippen LogP contribution is -3.06. The van der Waals surface area contributed by atoms with E-state index in [9.17, 15) is 4.79 Å². The number of ether oxygens (including phenoxy) is 1. The molecule has 134 valence electrons. The zero-order valence-electron chi connectivity index (χ0n) is 15.0. The van der Waals surface area contributed by atoms with Crippen LogP contribution in [0.2, 0.25) is 0 Å². The average molecular weight is 351 g/mol. The summed E-state index contributed by atoms with van der Waals surface area (Å²) < 4.78 is 10.5. The van der Waals surface area contributed by atoms with Gasteiger partial charge in [0.1, 0.15) is 18.8 Å². The van der Waals surface area contributed by atoms with E-state index in [0.29, 0.717) is 5.56 Å². The maximum Gasteiger partial charge on any atom is 0.255 e. The highest BCUT2D eigenvalue weighted by molar-refractivity contribution is 6.04. The Hall–Kier alpha value is -3.05. The van der Waals surface area contributed by atoms with E-state index in [4.69, 9.17) is 9.15 Å². The summed E-state index contributed by atoms with van der Waals surface area (Å²) in [5, 5.41) is 2.89. The number of benzene rings is 2. The summed E-state index contributed by atoms with van der Waals surface area (Å²) in [6.07, 6.45) is 1.69. The maximum absolute atomic E-state index is 12.4. The normalized spacial score (nSPS) is 11.8. The van der Waals surface area contributed by atoms with E-state index < -0.39 is 0 Å². The van der Waals surface area contributed by atoms with Crippen molar-refractivity contribution in [1.82, 2.24) is 0 Å². The summed E-state index contributed by atoms with van der Waals surface area (Å²) in [5.41, 5.74) is 2.55. The van der Waals surface area contributed by atoms with Crippen molar-refractivity contribution >= 4 is 11.6 Å². The highest BCUT2D eigenvalue weighted by Crippen LogP contribution is 2.16. The van der Waals surface area contributed by atoms with Crippen LogP contribution in [0.3, 0.4) is 0 Å². The van der Waals surface area contributed by atoms with Crippen molar-refractivity contribution in [3.05, 3.63) is 83.8 Å². The Kier molecular flexibility index (Phi) is 5.71. The number of rotatable bonds is 7. The van der Waals surface area contributed by atoms with Crippen LogP contribution in [0.15, 0.2) is 71.3 Å². The topological polar surface area (TPSA) is 55.9 Å². The van der Waals surface area contributed by atoms with E-state index >= 15 is 0 Å². The van der Waals surface area contributed by atoms with Gasteiger partial charge in [-0.25, -0.2) is 0 Å². The van der Waals surface area contributed by atoms with Crippen LogP contribution in [0.1, 0.15) is 21.7 Å². The minimum atomic E-state index is -0.127. The first-order chi connectivity index (χ1) is 12.6. The molecular weight excluding hydrogens is 328 g/mol. The quantitative estimate of drug-likeness (QED) is 0.688. The molecule has 5 heteroatoms. The molecule has 3 aromatic rings. The van der Waals surface area contributed by atoms with Crippen molar-refractivity contribution in [2.45, 2.75) is 13.1 Å². The Labute approximate surface area is 153 Å². The molecule has 3 rings (SSSR count). The molecule has 0 bridgehead atoms. The fourth-order valence-corrected chi connectivity index (χ4v) is 2.77. The maximum atomic E-state index is 12.4. The van der Waals surface area contributed by atoms with Crippen LogP contribution in [-0.2, 0) is 13.1 Å². The van der Waals surface area contributed by atoms with Crippen molar-refractivity contribution in [2.75, 3.05) is 19.5 Å². The molecule has 1 amide bonds. The van der Waals surface area contributed by atoms with E-state index in [1.54, 1.807) is 13.4 Å². The Balaban J connectivity index is 1.56. The fourth-order valence-electron chi connectivity index (χ4n) is 2.77. The third kappa shape index (κ3) is 4.74. The number of hydrogen-bond donors (Lipinski definition) is 2. The molecule has 1 heterocycles. The molecule has 0 fully saturated rings. The number of furan rings is 1. The SMILES string of the molecule is COc1ccc(NC(=O)c2ccc(C[NH+](C)Cc3ccco3)cc2)cc1. The van der Waals surface area contributed by atoms with Crippen LogP contribution < -0.4 is 15.0 Å². The Morgan fingerprint density at radius 1 is 1.04 bits per heavy atom. The molecule has 2 N–H and O–H groups in total. The van der Waals surface area contributed by atoms with Crippen molar-refractivity contribution in [3.8, 4) is 5.75 Å². The molecule has 1 unspecified atom stereocenters. The molecule has 0 saturated heterocycles. The second-order valence-electron chi connectivity index (χ2n) is 6.27. The number of nitrogens with one attached hydrogen (secondary N) is 2.